The second-order valence-electron chi connectivity index (χ2n) is 5.10. The van der Waals surface area contributed by atoms with Gasteiger partial charge in [-0.15, -0.1) is 0 Å². The molecule has 88 valence electrons. The summed E-state index contributed by atoms with van der Waals surface area (Å²) in [6.45, 7) is 0.814. The highest BCUT2D eigenvalue weighted by Crippen LogP contribution is 2.40. The molecule has 0 unspecified atom stereocenters. The zero-order valence-corrected chi connectivity index (χ0v) is 10.1. The fourth-order valence-electron chi connectivity index (χ4n) is 3.16. The molecule has 1 aromatic rings. The Bertz CT molecular complexity index is 296. The first kappa shape index (κ1) is 11.7. The van der Waals surface area contributed by atoms with Gasteiger partial charge in [-0.05, 0) is 36.8 Å². The van der Waals surface area contributed by atoms with Crippen LogP contribution in [-0.2, 0) is 5.41 Å². The van der Waals surface area contributed by atoms with Crippen LogP contribution in [0.5, 0.6) is 0 Å². The number of benzene rings is 1. The molecule has 1 saturated carbocycles. The van der Waals surface area contributed by atoms with Crippen molar-refractivity contribution in [1.82, 2.24) is 0 Å². The van der Waals surface area contributed by atoms with Crippen LogP contribution < -0.4 is 5.73 Å². The van der Waals surface area contributed by atoms with Crippen molar-refractivity contribution in [3.8, 4) is 0 Å². The van der Waals surface area contributed by atoms with Crippen LogP contribution in [0.25, 0.3) is 0 Å². The number of rotatable bonds is 3. The minimum absolute atomic E-state index is 0.381. The van der Waals surface area contributed by atoms with E-state index in [1.165, 1.54) is 44.1 Å². The highest BCUT2D eigenvalue weighted by Gasteiger charge is 2.31. The van der Waals surface area contributed by atoms with Gasteiger partial charge in [0.25, 0.3) is 0 Å². The van der Waals surface area contributed by atoms with Gasteiger partial charge in [-0.1, -0.05) is 56.0 Å². The maximum Gasteiger partial charge on any atom is -0.00350 e. The van der Waals surface area contributed by atoms with E-state index in [-0.39, 0.29) is 0 Å². The van der Waals surface area contributed by atoms with Gasteiger partial charge in [0.15, 0.2) is 0 Å². The van der Waals surface area contributed by atoms with Gasteiger partial charge in [0.2, 0.25) is 0 Å². The van der Waals surface area contributed by atoms with Gasteiger partial charge >= 0.3 is 0 Å². The molecule has 0 saturated heterocycles. The van der Waals surface area contributed by atoms with Gasteiger partial charge in [-0.25, -0.2) is 0 Å². The average Bonchev–Trinajstić information content (AvgIpc) is 2.57. The maximum absolute atomic E-state index is 5.83. The summed E-state index contributed by atoms with van der Waals surface area (Å²) in [5.74, 6) is 0. The predicted octanol–water partition coefficient (Wildman–Crippen LogP) is 3.63. The lowest BCUT2D eigenvalue weighted by atomic mass is 9.72. The molecule has 2 N–H and O–H groups in total. The Kier molecular flexibility index (Phi) is 4.00. The zero-order chi connectivity index (χ0) is 11.3. The normalized spacial score (nSPS) is 20.3. The van der Waals surface area contributed by atoms with Gasteiger partial charge < -0.3 is 5.73 Å². The standard InChI is InChI=1S/C15H23N/c16-13-12-15(10-6-1-2-7-11-15)14-8-4-3-5-9-14/h3-5,8-9H,1-2,6-7,10-13,16H2. The van der Waals surface area contributed by atoms with E-state index in [1.54, 1.807) is 0 Å². The van der Waals surface area contributed by atoms with Crippen molar-refractivity contribution < 1.29 is 0 Å². The summed E-state index contributed by atoms with van der Waals surface area (Å²) >= 11 is 0. The van der Waals surface area contributed by atoms with E-state index < -0.39 is 0 Å². The Morgan fingerprint density at radius 3 is 2.12 bits per heavy atom. The molecule has 0 heterocycles. The molecule has 1 aliphatic rings. The molecule has 0 spiro atoms. The highest BCUT2D eigenvalue weighted by molar-refractivity contribution is 5.25. The second kappa shape index (κ2) is 5.49. The molecular weight excluding hydrogens is 194 g/mol. The molecule has 0 atom stereocenters. The predicted molar refractivity (Wildman–Crippen MR) is 69.5 cm³/mol. The van der Waals surface area contributed by atoms with Crippen molar-refractivity contribution in [1.29, 1.82) is 0 Å². The number of hydrogen-bond acceptors (Lipinski definition) is 1. The van der Waals surface area contributed by atoms with E-state index in [0.717, 1.165) is 13.0 Å². The van der Waals surface area contributed by atoms with E-state index in [0.29, 0.717) is 5.41 Å². The van der Waals surface area contributed by atoms with Crippen molar-refractivity contribution in [2.75, 3.05) is 6.54 Å². The van der Waals surface area contributed by atoms with Crippen molar-refractivity contribution >= 4 is 0 Å². The topological polar surface area (TPSA) is 26.0 Å². The molecule has 1 fully saturated rings. The van der Waals surface area contributed by atoms with Crippen LogP contribution in [0.1, 0.15) is 50.5 Å². The van der Waals surface area contributed by atoms with Crippen LogP contribution in [0.3, 0.4) is 0 Å². The molecule has 0 aromatic heterocycles. The lowest BCUT2D eigenvalue weighted by molar-refractivity contribution is 0.348. The van der Waals surface area contributed by atoms with Gasteiger partial charge in [-0.3, -0.25) is 0 Å². The third-order valence-electron chi connectivity index (χ3n) is 4.07. The minimum Gasteiger partial charge on any atom is -0.330 e. The van der Waals surface area contributed by atoms with E-state index in [9.17, 15) is 0 Å². The first-order valence-electron chi connectivity index (χ1n) is 6.63. The summed E-state index contributed by atoms with van der Waals surface area (Å²) in [6, 6.07) is 11.0. The molecule has 0 bridgehead atoms. The molecule has 1 aliphatic carbocycles. The van der Waals surface area contributed by atoms with Crippen LogP contribution in [0.2, 0.25) is 0 Å². The Balaban J connectivity index is 2.26. The van der Waals surface area contributed by atoms with Gasteiger partial charge in [0.05, 0.1) is 0 Å². The zero-order valence-electron chi connectivity index (χ0n) is 10.1. The van der Waals surface area contributed by atoms with Crippen molar-refractivity contribution in [3.05, 3.63) is 35.9 Å². The van der Waals surface area contributed by atoms with Gasteiger partial charge in [-0.2, -0.15) is 0 Å². The Morgan fingerprint density at radius 1 is 0.938 bits per heavy atom. The summed E-state index contributed by atoms with van der Waals surface area (Å²) in [6.07, 6.45) is 9.35. The number of nitrogens with two attached hydrogens (primary N) is 1. The minimum atomic E-state index is 0.381. The fraction of sp³-hybridized carbons (Fsp3) is 0.600. The molecule has 1 heteroatoms. The molecule has 0 aliphatic heterocycles. The maximum atomic E-state index is 5.83. The average molecular weight is 217 g/mol. The largest absolute Gasteiger partial charge is 0.330 e. The smallest absolute Gasteiger partial charge is 0.00350 e. The van der Waals surface area contributed by atoms with Gasteiger partial charge in [0.1, 0.15) is 0 Å². The van der Waals surface area contributed by atoms with E-state index in [1.807, 2.05) is 0 Å². The van der Waals surface area contributed by atoms with Crippen molar-refractivity contribution in [2.24, 2.45) is 5.73 Å². The summed E-state index contributed by atoms with van der Waals surface area (Å²) in [7, 11) is 0. The van der Waals surface area contributed by atoms with E-state index in [4.69, 9.17) is 5.73 Å². The molecular formula is C15H23N. The summed E-state index contributed by atoms with van der Waals surface area (Å²) in [4.78, 5) is 0. The molecule has 1 nitrogen and oxygen atoms in total. The summed E-state index contributed by atoms with van der Waals surface area (Å²) < 4.78 is 0. The van der Waals surface area contributed by atoms with Crippen LogP contribution in [0, 0.1) is 0 Å². The van der Waals surface area contributed by atoms with Crippen molar-refractivity contribution in [3.63, 3.8) is 0 Å². The molecule has 2 rings (SSSR count). The quantitative estimate of drug-likeness (QED) is 0.769. The van der Waals surface area contributed by atoms with Gasteiger partial charge in [0, 0.05) is 0 Å². The summed E-state index contributed by atoms with van der Waals surface area (Å²) in [5.41, 5.74) is 7.73. The van der Waals surface area contributed by atoms with Crippen molar-refractivity contribution in [2.45, 2.75) is 50.4 Å². The number of hydrogen-bond donors (Lipinski definition) is 1. The monoisotopic (exact) mass is 217 g/mol. The van der Waals surface area contributed by atoms with E-state index >= 15 is 0 Å². The Morgan fingerprint density at radius 2 is 1.56 bits per heavy atom. The lowest BCUT2D eigenvalue weighted by Gasteiger charge is -2.33. The molecule has 0 radical (unpaired) electrons. The van der Waals surface area contributed by atoms with Crippen LogP contribution in [-0.4, -0.2) is 6.54 Å². The molecule has 0 amide bonds. The van der Waals surface area contributed by atoms with Crippen LogP contribution in [0.15, 0.2) is 30.3 Å². The SMILES string of the molecule is NCCC1(c2ccccc2)CCCCCC1. The first-order valence-corrected chi connectivity index (χ1v) is 6.63. The summed E-state index contributed by atoms with van der Waals surface area (Å²) in [5, 5.41) is 0. The third kappa shape index (κ3) is 2.46. The lowest BCUT2D eigenvalue weighted by Crippen LogP contribution is -2.28. The first-order chi connectivity index (χ1) is 7.87. The Labute approximate surface area is 99.0 Å². The second-order valence-corrected chi connectivity index (χ2v) is 5.10. The third-order valence-corrected chi connectivity index (χ3v) is 4.07. The molecule has 1 aromatic carbocycles. The highest BCUT2D eigenvalue weighted by atomic mass is 14.5. The fourth-order valence-corrected chi connectivity index (χ4v) is 3.16. The molecule has 16 heavy (non-hydrogen) atoms. The van der Waals surface area contributed by atoms with E-state index in [2.05, 4.69) is 30.3 Å². The van der Waals surface area contributed by atoms with Crippen LogP contribution >= 0.6 is 0 Å². The van der Waals surface area contributed by atoms with Crippen LogP contribution in [0.4, 0.5) is 0 Å². The Hall–Kier alpha value is -0.820.